The van der Waals surface area contributed by atoms with Crippen LogP contribution < -0.4 is 16.5 Å². The molecule has 1 radical (unpaired) electrons. The van der Waals surface area contributed by atoms with Gasteiger partial charge in [0, 0.05) is 23.7 Å². The zero-order valence-corrected chi connectivity index (χ0v) is 14.4. The van der Waals surface area contributed by atoms with E-state index in [0.717, 1.165) is 31.0 Å². The van der Waals surface area contributed by atoms with Gasteiger partial charge in [-0.05, 0) is 55.8 Å². The van der Waals surface area contributed by atoms with Crippen LogP contribution in [0.5, 0.6) is 0 Å². The molecule has 0 saturated heterocycles. The van der Waals surface area contributed by atoms with Crippen molar-refractivity contribution in [2.75, 3.05) is 30.7 Å². The molecule has 1 aromatic heterocycles. The standard InChI is InChI=1S/C17H22BN4S/c1-10-8-13(21-9-14-20-6-7-23-14)16-17(22-10)15(11-2-3-11)12(18-16)4-5-19/h8,11H,2-7,9,19H2,1H3,(H,21,22). The molecule has 3 heterocycles. The maximum Gasteiger partial charge on any atom is 0.192 e. The Morgan fingerprint density at radius 3 is 3.00 bits per heavy atom. The lowest BCUT2D eigenvalue weighted by molar-refractivity contribution is 0.978. The van der Waals surface area contributed by atoms with Gasteiger partial charge in [-0.2, -0.15) is 0 Å². The summed E-state index contributed by atoms with van der Waals surface area (Å²) in [6, 6.07) is 2.16. The second-order valence-corrected chi connectivity index (χ2v) is 7.62. The van der Waals surface area contributed by atoms with Gasteiger partial charge >= 0.3 is 0 Å². The molecule has 1 saturated carbocycles. The molecular formula is C17H22BN4S. The van der Waals surface area contributed by atoms with E-state index in [-0.39, 0.29) is 0 Å². The highest BCUT2D eigenvalue weighted by Gasteiger charge is 2.36. The van der Waals surface area contributed by atoms with Crippen LogP contribution in [0.2, 0.25) is 0 Å². The summed E-state index contributed by atoms with van der Waals surface area (Å²) in [5.41, 5.74) is 13.4. The molecule has 3 N–H and O–H groups in total. The van der Waals surface area contributed by atoms with Crippen LogP contribution in [0.1, 0.15) is 30.7 Å². The first-order chi connectivity index (χ1) is 11.3. The quantitative estimate of drug-likeness (QED) is 0.783. The van der Waals surface area contributed by atoms with E-state index < -0.39 is 0 Å². The number of pyridine rings is 1. The number of hydrogen-bond acceptors (Lipinski definition) is 5. The van der Waals surface area contributed by atoms with Crippen LogP contribution in [0.4, 0.5) is 5.69 Å². The average molecular weight is 325 g/mol. The number of nitrogens with zero attached hydrogens (tertiary/aromatic N) is 2. The van der Waals surface area contributed by atoms with Crippen LogP contribution in [0.3, 0.4) is 0 Å². The molecule has 2 aliphatic heterocycles. The van der Waals surface area contributed by atoms with Gasteiger partial charge in [0.1, 0.15) is 0 Å². The van der Waals surface area contributed by atoms with Crippen molar-refractivity contribution in [2.45, 2.75) is 26.2 Å². The van der Waals surface area contributed by atoms with Crippen LogP contribution in [0, 0.1) is 12.8 Å². The molecule has 4 nitrogen and oxygen atoms in total. The maximum absolute atomic E-state index is 5.83. The van der Waals surface area contributed by atoms with Crippen molar-refractivity contribution in [1.82, 2.24) is 4.98 Å². The van der Waals surface area contributed by atoms with Crippen LogP contribution in [0.15, 0.2) is 16.5 Å². The third-order valence-corrected chi connectivity index (χ3v) is 5.58. The van der Waals surface area contributed by atoms with E-state index in [1.165, 1.54) is 45.8 Å². The van der Waals surface area contributed by atoms with Crippen LogP contribution in [-0.4, -0.2) is 42.7 Å². The fourth-order valence-corrected chi connectivity index (χ4v) is 4.21. The third-order valence-electron chi connectivity index (χ3n) is 4.58. The molecule has 0 spiro atoms. The Balaban J connectivity index is 1.63. The normalized spacial score (nSPS) is 19.7. The van der Waals surface area contributed by atoms with Gasteiger partial charge in [-0.25, -0.2) is 0 Å². The van der Waals surface area contributed by atoms with Crippen molar-refractivity contribution in [1.29, 1.82) is 0 Å². The van der Waals surface area contributed by atoms with Crippen LogP contribution in [-0.2, 0) is 0 Å². The summed E-state index contributed by atoms with van der Waals surface area (Å²) in [6.07, 6.45) is 3.54. The predicted molar refractivity (Wildman–Crippen MR) is 101 cm³/mol. The first-order valence-electron chi connectivity index (χ1n) is 8.46. The van der Waals surface area contributed by atoms with Crippen molar-refractivity contribution >= 4 is 40.8 Å². The predicted octanol–water partition coefficient (Wildman–Crippen LogP) is 1.76. The lowest BCUT2D eigenvalue weighted by Gasteiger charge is -2.13. The molecule has 1 aliphatic carbocycles. The number of aromatic nitrogens is 1. The lowest BCUT2D eigenvalue weighted by atomic mass is 9.65. The number of anilines is 1. The number of rotatable bonds is 6. The highest BCUT2D eigenvalue weighted by atomic mass is 32.2. The monoisotopic (exact) mass is 325 g/mol. The van der Waals surface area contributed by atoms with Crippen molar-refractivity contribution in [3.05, 3.63) is 22.9 Å². The van der Waals surface area contributed by atoms with Gasteiger partial charge in [0.25, 0.3) is 0 Å². The van der Waals surface area contributed by atoms with E-state index in [2.05, 4.69) is 30.6 Å². The van der Waals surface area contributed by atoms with Gasteiger partial charge in [-0.3, -0.25) is 9.98 Å². The molecule has 119 valence electrons. The Labute approximate surface area is 142 Å². The molecule has 1 aromatic rings. The Kier molecular flexibility index (Phi) is 4.20. The maximum atomic E-state index is 5.83. The Morgan fingerprint density at radius 2 is 2.30 bits per heavy atom. The van der Waals surface area contributed by atoms with Gasteiger partial charge in [0.2, 0.25) is 0 Å². The van der Waals surface area contributed by atoms with E-state index in [4.69, 9.17) is 10.7 Å². The number of thioether (sulfide) groups is 1. The van der Waals surface area contributed by atoms with E-state index in [0.29, 0.717) is 12.5 Å². The zero-order valence-electron chi connectivity index (χ0n) is 13.6. The van der Waals surface area contributed by atoms with Crippen molar-refractivity contribution in [2.24, 2.45) is 16.6 Å². The molecule has 3 aliphatic rings. The summed E-state index contributed by atoms with van der Waals surface area (Å²) in [6.45, 7) is 4.55. The molecule has 0 unspecified atom stereocenters. The summed E-state index contributed by atoms with van der Waals surface area (Å²) in [7, 11) is 2.31. The molecule has 0 aromatic carbocycles. The molecule has 23 heavy (non-hydrogen) atoms. The molecule has 0 amide bonds. The summed E-state index contributed by atoms with van der Waals surface area (Å²) >= 11 is 1.86. The lowest BCUT2D eigenvalue weighted by Crippen LogP contribution is -2.24. The van der Waals surface area contributed by atoms with Gasteiger partial charge in [0.05, 0.1) is 17.3 Å². The van der Waals surface area contributed by atoms with Crippen molar-refractivity contribution < 1.29 is 0 Å². The largest absolute Gasteiger partial charge is 0.379 e. The number of nitrogens with one attached hydrogen (secondary N) is 1. The number of hydrogen-bond donors (Lipinski definition) is 2. The SMILES string of the molecule is Cc1cc(NCC2=NCCS2)c2c(n1)C(C1CC1)=C(CCN)[B]2. The third kappa shape index (κ3) is 3.06. The van der Waals surface area contributed by atoms with Gasteiger partial charge in [0.15, 0.2) is 7.28 Å². The minimum atomic E-state index is 0.700. The topological polar surface area (TPSA) is 63.3 Å². The molecule has 6 heteroatoms. The smallest absolute Gasteiger partial charge is 0.192 e. The van der Waals surface area contributed by atoms with E-state index in [1.54, 1.807) is 0 Å². The Bertz CT molecular complexity index is 694. The number of fused-ring (bicyclic) bond motifs is 1. The summed E-state index contributed by atoms with van der Waals surface area (Å²) in [5.74, 6) is 1.82. The second kappa shape index (κ2) is 6.32. The number of nitrogens with two attached hydrogens (primary N) is 1. The molecular weight excluding hydrogens is 303 g/mol. The van der Waals surface area contributed by atoms with Gasteiger partial charge in [-0.15, -0.1) is 11.8 Å². The summed E-state index contributed by atoms with van der Waals surface area (Å²) in [4.78, 5) is 9.39. The van der Waals surface area contributed by atoms with E-state index in [1.807, 2.05) is 11.8 Å². The summed E-state index contributed by atoms with van der Waals surface area (Å²) in [5, 5.41) is 4.80. The van der Waals surface area contributed by atoms with Crippen LogP contribution in [0.25, 0.3) is 5.57 Å². The molecule has 4 rings (SSSR count). The van der Waals surface area contributed by atoms with Crippen molar-refractivity contribution in [3.63, 3.8) is 0 Å². The molecule has 0 atom stereocenters. The van der Waals surface area contributed by atoms with Gasteiger partial charge < -0.3 is 11.1 Å². The first kappa shape index (κ1) is 15.3. The number of allylic oxidation sites excluding steroid dienone is 1. The summed E-state index contributed by atoms with van der Waals surface area (Å²) < 4.78 is 0. The van der Waals surface area contributed by atoms with E-state index in [9.17, 15) is 0 Å². The number of aryl methyl sites for hydroxylation is 1. The Hall–Kier alpha value is -1.27. The van der Waals surface area contributed by atoms with E-state index >= 15 is 0 Å². The zero-order chi connectivity index (χ0) is 15.8. The second-order valence-electron chi connectivity index (χ2n) is 6.45. The van der Waals surface area contributed by atoms with Gasteiger partial charge in [-0.1, -0.05) is 5.47 Å². The number of aliphatic imine (C=N–C) groups is 1. The highest BCUT2D eigenvalue weighted by molar-refractivity contribution is 8.14. The average Bonchev–Trinajstić information content (AvgIpc) is 3.09. The minimum absolute atomic E-state index is 0.700. The molecule has 0 bridgehead atoms. The highest BCUT2D eigenvalue weighted by Crippen LogP contribution is 2.45. The van der Waals surface area contributed by atoms with Crippen LogP contribution >= 0.6 is 11.8 Å². The fourth-order valence-electron chi connectivity index (χ4n) is 3.43. The fraction of sp³-hybridized carbons (Fsp3) is 0.529. The van der Waals surface area contributed by atoms with Crippen molar-refractivity contribution in [3.8, 4) is 0 Å². The first-order valence-corrected chi connectivity index (χ1v) is 9.44. The molecule has 1 fully saturated rings. The minimum Gasteiger partial charge on any atom is -0.379 e. The Morgan fingerprint density at radius 1 is 1.43 bits per heavy atom.